The molecule has 1 heterocycles. The van der Waals surface area contributed by atoms with E-state index in [1.54, 1.807) is 11.3 Å². The van der Waals surface area contributed by atoms with E-state index in [2.05, 4.69) is 31.9 Å². The summed E-state index contributed by atoms with van der Waals surface area (Å²) in [6, 6.07) is 7.91. The van der Waals surface area contributed by atoms with Gasteiger partial charge in [0.2, 0.25) is 0 Å². The fraction of sp³-hybridized carbons (Fsp3) is 0.167. The third-order valence-electron chi connectivity index (χ3n) is 2.43. The van der Waals surface area contributed by atoms with Gasteiger partial charge in [0.15, 0.2) is 0 Å². The molecule has 0 saturated heterocycles. The summed E-state index contributed by atoms with van der Waals surface area (Å²) in [4.78, 5) is 0. The normalized spacial score (nSPS) is 12.8. The summed E-state index contributed by atoms with van der Waals surface area (Å²) in [6.45, 7) is 1.98. The number of benzene rings is 1. The maximum Gasteiger partial charge on any atom is 0.0855 e. The van der Waals surface area contributed by atoms with Gasteiger partial charge < -0.3 is 0 Å². The van der Waals surface area contributed by atoms with Crippen LogP contribution < -0.4 is 0 Å². The Bertz CT molecular complexity index is 551. The average Bonchev–Trinajstić information content (AvgIpc) is 2.61. The van der Waals surface area contributed by atoms with Crippen LogP contribution in [0.25, 0.3) is 0 Å². The molecule has 0 aliphatic heterocycles. The van der Waals surface area contributed by atoms with Crippen LogP contribution in [-0.4, -0.2) is 0 Å². The Hall–Kier alpha value is 0.460. The Balaban J connectivity index is 2.40. The van der Waals surface area contributed by atoms with E-state index in [-0.39, 0.29) is 5.38 Å². The van der Waals surface area contributed by atoms with Crippen LogP contribution in [0.2, 0.25) is 5.02 Å². The highest BCUT2D eigenvalue weighted by Crippen LogP contribution is 2.41. The van der Waals surface area contributed by atoms with Gasteiger partial charge in [-0.1, -0.05) is 23.7 Å². The number of hydrogen-bond acceptors (Lipinski definition) is 1. The van der Waals surface area contributed by atoms with Crippen molar-refractivity contribution in [3.05, 3.63) is 53.6 Å². The largest absolute Gasteiger partial charge is 0.121 e. The van der Waals surface area contributed by atoms with Crippen LogP contribution >= 0.6 is 66.4 Å². The van der Waals surface area contributed by atoms with Gasteiger partial charge >= 0.3 is 0 Å². The Morgan fingerprint density at radius 1 is 1.24 bits per heavy atom. The van der Waals surface area contributed by atoms with Crippen LogP contribution in [0.15, 0.2) is 31.8 Å². The molecule has 2 aromatic rings. The lowest BCUT2D eigenvalue weighted by molar-refractivity contribution is 1.14. The fourth-order valence-electron chi connectivity index (χ4n) is 1.53. The molecule has 0 saturated carbocycles. The molecule has 90 valence electrons. The van der Waals surface area contributed by atoms with Gasteiger partial charge in [0.1, 0.15) is 0 Å². The van der Waals surface area contributed by atoms with E-state index >= 15 is 0 Å². The highest BCUT2D eigenvalue weighted by molar-refractivity contribution is 9.12. The molecule has 2 rings (SSSR count). The quantitative estimate of drug-likeness (QED) is 0.488. The third-order valence-corrected chi connectivity index (χ3v) is 5.73. The van der Waals surface area contributed by atoms with E-state index in [1.807, 2.05) is 31.2 Å². The molecule has 0 bridgehead atoms. The van der Waals surface area contributed by atoms with Gasteiger partial charge in [-0.3, -0.25) is 0 Å². The van der Waals surface area contributed by atoms with Crippen molar-refractivity contribution in [1.29, 1.82) is 0 Å². The van der Waals surface area contributed by atoms with Crippen LogP contribution in [-0.2, 0) is 0 Å². The molecule has 0 fully saturated rings. The number of thiophene rings is 1. The molecule has 5 heteroatoms. The second kappa shape index (κ2) is 5.62. The molecule has 1 aromatic carbocycles. The minimum atomic E-state index is -0.164. The number of rotatable bonds is 2. The van der Waals surface area contributed by atoms with Crippen LogP contribution in [0.4, 0.5) is 0 Å². The lowest BCUT2D eigenvalue weighted by Gasteiger charge is -2.10. The predicted octanol–water partition coefficient (Wildman–Crippen LogP) is 6.56. The minimum Gasteiger partial charge on any atom is -0.121 e. The summed E-state index contributed by atoms with van der Waals surface area (Å²) in [6.07, 6.45) is 0. The van der Waals surface area contributed by atoms with Gasteiger partial charge in [0, 0.05) is 10.6 Å². The van der Waals surface area contributed by atoms with Gasteiger partial charge in [0.05, 0.1) is 12.9 Å². The van der Waals surface area contributed by atoms with E-state index in [9.17, 15) is 0 Å². The van der Waals surface area contributed by atoms with Crippen LogP contribution in [0.3, 0.4) is 0 Å². The second-order valence-corrected chi connectivity index (χ2v) is 8.24. The van der Waals surface area contributed by atoms with Crippen LogP contribution in [0, 0.1) is 6.92 Å². The zero-order valence-electron chi connectivity index (χ0n) is 8.81. The van der Waals surface area contributed by atoms with Gasteiger partial charge in [-0.25, -0.2) is 0 Å². The highest BCUT2D eigenvalue weighted by atomic mass is 79.9. The molecule has 0 amide bonds. The molecule has 0 nitrogen and oxygen atoms in total. The van der Waals surface area contributed by atoms with E-state index < -0.39 is 0 Å². The molecule has 17 heavy (non-hydrogen) atoms. The molecule has 0 aliphatic rings. The van der Waals surface area contributed by atoms with Crippen LogP contribution in [0.5, 0.6) is 0 Å². The van der Waals surface area contributed by atoms with Crippen molar-refractivity contribution in [2.75, 3.05) is 0 Å². The number of aryl methyl sites for hydroxylation is 1. The smallest absolute Gasteiger partial charge is 0.0855 e. The van der Waals surface area contributed by atoms with Crippen molar-refractivity contribution in [2.24, 2.45) is 0 Å². The maximum absolute atomic E-state index is 6.49. The topological polar surface area (TPSA) is 0 Å². The fourth-order valence-corrected chi connectivity index (χ4v) is 5.05. The summed E-state index contributed by atoms with van der Waals surface area (Å²) in [5.74, 6) is 0. The first-order chi connectivity index (χ1) is 7.99. The SMILES string of the molecule is Cc1cc(C(Cl)c2cc(Br)sc2Br)ccc1Cl. The number of alkyl halides is 1. The zero-order valence-corrected chi connectivity index (χ0v) is 14.3. The Morgan fingerprint density at radius 3 is 2.47 bits per heavy atom. The molecule has 1 atom stereocenters. The van der Waals surface area contributed by atoms with Crippen molar-refractivity contribution >= 4 is 66.4 Å². The van der Waals surface area contributed by atoms with Crippen molar-refractivity contribution in [3.8, 4) is 0 Å². The Labute approximate surface area is 131 Å². The zero-order chi connectivity index (χ0) is 12.6. The van der Waals surface area contributed by atoms with E-state index in [4.69, 9.17) is 23.2 Å². The van der Waals surface area contributed by atoms with E-state index in [1.165, 1.54) is 0 Å². The Morgan fingerprint density at radius 2 is 1.94 bits per heavy atom. The molecule has 1 aromatic heterocycles. The van der Waals surface area contributed by atoms with Gasteiger partial charge in [-0.15, -0.1) is 22.9 Å². The third kappa shape index (κ3) is 3.07. The highest BCUT2D eigenvalue weighted by Gasteiger charge is 2.17. The first-order valence-corrected chi connectivity index (χ1v) is 8.05. The van der Waals surface area contributed by atoms with Gasteiger partial charge in [0.25, 0.3) is 0 Å². The van der Waals surface area contributed by atoms with Crippen molar-refractivity contribution in [3.63, 3.8) is 0 Å². The van der Waals surface area contributed by atoms with Gasteiger partial charge in [-0.05, 0) is 62.0 Å². The van der Waals surface area contributed by atoms with Crippen molar-refractivity contribution in [2.45, 2.75) is 12.3 Å². The van der Waals surface area contributed by atoms with E-state index in [0.29, 0.717) is 0 Å². The summed E-state index contributed by atoms with van der Waals surface area (Å²) in [5, 5.41) is 0.603. The molecule has 0 spiro atoms. The minimum absolute atomic E-state index is 0.164. The summed E-state index contributed by atoms with van der Waals surface area (Å²) < 4.78 is 2.12. The van der Waals surface area contributed by atoms with Gasteiger partial charge in [-0.2, -0.15) is 0 Å². The first-order valence-electron chi connectivity index (χ1n) is 4.84. The summed E-state index contributed by atoms with van der Waals surface area (Å²) >= 11 is 21.1. The van der Waals surface area contributed by atoms with E-state index in [0.717, 1.165) is 29.3 Å². The van der Waals surface area contributed by atoms with Crippen LogP contribution in [0.1, 0.15) is 22.1 Å². The predicted molar refractivity (Wildman–Crippen MR) is 83.6 cm³/mol. The monoisotopic (exact) mass is 412 g/mol. The van der Waals surface area contributed by atoms with Crippen molar-refractivity contribution in [1.82, 2.24) is 0 Å². The maximum atomic E-state index is 6.49. The lowest BCUT2D eigenvalue weighted by Crippen LogP contribution is -1.93. The number of hydrogen-bond donors (Lipinski definition) is 0. The summed E-state index contributed by atoms with van der Waals surface area (Å²) in [7, 11) is 0. The van der Waals surface area contributed by atoms with Crippen molar-refractivity contribution < 1.29 is 0 Å². The average molecular weight is 415 g/mol. The standard InChI is InChI=1S/C12H8Br2Cl2S/c1-6-4-7(2-3-9(6)15)11(16)8-5-10(13)17-12(8)14/h2-5,11H,1H3. The number of halogens is 4. The molecule has 0 N–H and O–H groups in total. The second-order valence-electron chi connectivity index (χ2n) is 3.65. The Kier molecular flexibility index (Phi) is 4.59. The molecular formula is C12H8Br2Cl2S. The first kappa shape index (κ1) is 13.9. The molecule has 1 unspecified atom stereocenters. The lowest BCUT2D eigenvalue weighted by atomic mass is 10.1. The molecule has 0 radical (unpaired) electrons. The molecule has 0 aliphatic carbocycles. The molecular weight excluding hydrogens is 407 g/mol. The summed E-state index contributed by atoms with van der Waals surface area (Å²) in [5.41, 5.74) is 3.17.